The number of carbonyl (C=O) groups is 1. The number of H-pyrrole nitrogens is 1. The number of esters is 1. The summed E-state index contributed by atoms with van der Waals surface area (Å²) in [6, 6.07) is 10.7. The third-order valence-electron chi connectivity index (χ3n) is 4.17. The van der Waals surface area contributed by atoms with Gasteiger partial charge in [-0.2, -0.15) is 0 Å². The second kappa shape index (κ2) is 8.15. The maximum atomic E-state index is 12.2. The van der Waals surface area contributed by atoms with Crippen LogP contribution in [0.4, 0.5) is 0 Å². The Morgan fingerprint density at radius 2 is 1.88 bits per heavy atom. The van der Waals surface area contributed by atoms with Gasteiger partial charge in [-0.25, -0.2) is 4.79 Å². The quantitative estimate of drug-likeness (QED) is 0.484. The van der Waals surface area contributed by atoms with Gasteiger partial charge in [0, 0.05) is 22.1 Å². The summed E-state index contributed by atoms with van der Waals surface area (Å²) in [4.78, 5) is 15.4. The van der Waals surface area contributed by atoms with E-state index in [-0.39, 0.29) is 5.97 Å². The van der Waals surface area contributed by atoms with E-state index in [2.05, 4.69) is 4.98 Å². The highest BCUT2D eigenvalue weighted by Gasteiger charge is 2.12. The highest BCUT2D eigenvalue weighted by Crippen LogP contribution is 2.28. The third kappa shape index (κ3) is 3.94. The Kier molecular flexibility index (Phi) is 5.68. The number of aromatic amines is 1. The largest absolute Gasteiger partial charge is 0.493 e. The maximum Gasteiger partial charge on any atom is 0.338 e. The van der Waals surface area contributed by atoms with Crippen molar-refractivity contribution >= 4 is 28.5 Å². The number of hydrogen-bond acceptors (Lipinski definition) is 4. The number of benzene rings is 2. The number of aromatic nitrogens is 1. The average Bonchev–Trinajstić information content (AvgIpc) is 3.06. The van der Waals surface area contributed by atoms with Gasteiger partial charge in [0.05, 0.1) is 26.4 Å². The van der Waals surface area contributed by atoms with Gasteiger partial charge in [0.1, 0.15) is 0 Å². The first-order valence-electron chi connectivity index (χ1n) is 8.27. The summed E-state index contributed by atoms with van der Waals surface area (Å²) in [6.07, 6.45) is 3.48. The highest BCUT2D eigenvalue weighted by atomic mass is 35.5. The smallest absolute Gasteiger partial charge is 0.338 e. The fourth-order valence-corrected chi connectivity index (χ4v) is 3.00. The Hall–Kier alpha value is -2.66. The molecule has 0 aliphatic rings. The van der Waals surface area contributed by atoms with Crippen LogP contribution in [0, 0.1) is 0 Å². The summed E-state index contributed by atoms with van der Waals surface area (Å²) in [5, 5.41) is 1.81. The molecule has 3 aromatic rings. The minimum atomic E-state index is -0.382. The average molecular weight is 374 g/mol. The molecular formula is C20H20ClNO4. The lowest BCUT2D eigenvalue weighted by atomic mass is 10.1. The molecule has 0 saturated carbocycles. The van der Waals surface area contributed by atoms with Gasteiger partial charge in [-0.15, -0.1) is 0 Å². The van der Waals surface area contributed by atoms with Crippen molar-refractivity contribution < 1.29 is 19.0 Å². The van der Waals surface area contributed by atoms with Crippen LogP contribution in [-0.2, 0) is 11.2 Å². The van der Waals surface area contributed by atoms with Crippen LogP contribution in [0.1, 0.15) is 22.3 Å². The van der Waals surface area contributed by atoms with Gasteiger partial charge >= 0.3 is 5.97 Å². The van der Waals surface area contributed by atoms with Crippen LogP contribution in [0.25, 0.3) is 10.9 Å². The van der Waals surface area contributed by atoms with Crippen molar-refractivity contribution in [3.63, 3.8) is 0 Å². The second-order valence-corrected chi connectivity index (χ2v) is 6.25. The molecule has 1 heterocycles. The molecule has 0 aliphatic heterocycles. The molecule has 0 fully saturated rings. The van der Waals surface area contributed by atoms with Crippen LogP contribution in [0.2, 0.25) is 5.02 Å². The molecule has 1 aromatic heterocycles. The molecule has 0 amide bonds. The number of hydrogen-bond donors (Lipinski definition) is 1. The van der Waals surface area contributed by atoms with Crippen molar-refractivity contribution in [2.45, 2.75) is 12.8 Å². The van der Waals surface area contributed by atoms with Crippen molar-refractivity contribution in [3.05, 3.63) is 58.7 Å². The molecular weight excluding hydrogens is 354 g/mol. The summed E-state index contributed by atoms with van der Waals surface area (Å²) in [6.45, 7) is 0.334. The zero-order valence-electron chi connectivity index (χ0n) is 14.7. The van der Waals surface area contributed by atoms with Crippen LogP contribution in [-0.4, -0.2) is 31.8 Å². The monoisotopic (exact) mass is 373 g/mol. The summed E-state index contributed by atoms with van der Waals surface area (Å²) >= 11 is 6.06. The van der Waals surface area contributed by atoms with E-state index in [1.54, 1.807) is 25.3 Å². The van der Waals surface area contributed by atoms with Gasteiger partial charge in [0.15, 0.2) is 11.5 Å². The summed E-state index contributed by atoms with van der Waals surface area (Å²) < 4.78 is 15.7. The molecule has 0 spiro atoms. The molecule has 6 heteroatoms. The molecule has 136 valence electrons. The standard InChI is InChI=1S/C20H20ClNO4/c1-24-18-8-5-13(10-19(18)25-2)20(23)26-9-3-4-14-12-22-17-7-6-15(21)11-16(14)17/h5-8,10-12,22H,3-4,9H2,1-2H3. The molecule has 3 rings (SSSR count). The first-order valence-corrected chi connectivity index (χ1v) is 8.65. The van der Waals surface area contributed by atoms with Gasteiger partial charge in [0.25, 0.3) is 0 Å². The number of fused-ring (bicyclic) bond motifs is 1. The minimum Gasteiger partial charge on any atom is -0.493 e. The Labute approximate surface area is 156 Å². The Morgan fingerprint density at radius 1 is 1.08 bits per heavy atom. The van der Waals surface area contributed by atoms with E-state index in [1.807, 2.05) is 24.4 Å². The van der Waals surface area contributed by atoms with Crippen molar-refractivity contribution in [2.75, 3.05) is 20.8 Å². The van der Waals surface area contributed by atoms with E-state index in [4.69, 9.17) is 25.8 Å². The Balaban J connectivity index is 1.56. The fraction of sp³-hybridized carbons (Fsp3) is 0.250. The third-order valence-corrected chi connectivity index (χ3v) is 4.41. The number of halogens is 1. The van der Waals surface area contributed by atoms with Gasteiger partial charge in [-0.3, -0.25) is 0 Å². The van der Waals surface area contributed by atoms with Gasteiger partial charge in [-0.1, -0.05) is 11.6 Å². The number of aryl methyl sites for hydroxylation is 1. The summed E-state index contributed by atoms with van der Waals surface area (Å²) in [7, 11) is 3.08. The maximum absolute atomic E-state index is 12.2. The van der Waals surface area contributed by atoms with Crippen molar-refractivity contribution in [3.8, 4) is 11.5 Å². The van der Waals surface area contributed by atoms with Crippen molar-refractivity contribution in [1.82, 2.24) is 4.98 Å². The van der Waals surface area contributed by atoms with Crippen molar-refractivity contribution in [1.29, 1.82) is 0 Å². The number of rotatable bonds is 7. The van der Waals surface area contributed by atoms with E-state index in [1.165, 1.54) is 7.11 Å². The SMILES string of the molecule is COc1ccc(C(=O)OCCCc2c[nH]c3ccc(Cl)cc23)cc1OC. The zero-order chi connectivity index (χ0) is 18.5. The lowest BCUT2D eigenvalue weighted by Gasteiger charge is -2.09. The lowest BCUT2D eigenvalue weighted by Crippen LogP contribution is -2.07. The van der Waals surface area contributed by atoms with Crippen LogP contribution < -0.4 is 9.47 Å². The molecule has 0 aliphatic carbocycles. The lowest BCUT2D eigenvalue weighted by molar-refractivity contribution is 0.0500. The van der Waals surface area contributed by atoms with Crippen molar-refractivity contribution in [2.24, 2.45) is 0 Å². The van der Waals surface area contributed by atoms with Gasteiger partial charge < -0.3 is 19.2 Å². The second-order valence-electron chi connectivity index (χ2n) is 5.81. The summed E-state index contributed by atoms with van der Waals surface area (Å²) in [5.41, 5.74) is 2.64. The van der Waals surface area contributed by atoms with E-state index >= 15 is 0 Å². The van der Waals surface area contributed by atoms with Crippen LogP contribution in [0.3, 0.4) is 0 Å². The van der Waals surface area contributed by atoms with Crippen LogP contribution in [0.5, 0.6) is 11.5 Å². The van der Waals surface area contributed by atoms with Crippen LogP contribution in [0.15, 0.2) is 42.6 Å². The van der Waals surface area contributed by atoms with Gasteiger partial charge in [0.2, 0.25) is 0 Å². The first kappa shape index (κ1) is 18.1. The number of nitrogens with one attached hydrogen (secondary N) is 1. The topological polar surface area (TPSA) is 60.5 Å². The fourth-order valence-electron chi connectivity index (χ4n) is 2.83. The molecule has 0 saturated heterocycles. The van der Waals surface area contributed by atoms with Crippen LogP contribution >= 0.6 is 11.6 Å². The normalized spacial score (nSPS) is 10.7. The first-order chi connectivity index (χ1) is 12.6. The predicted octanol–water partition coefficient (Wildman–Crippen LogP) is 4.63. The molecule has 2 aromatic carbocycles. The predicted molar refractivity (Wildman–Crippen MR) is 101 cm³/mol. The molecule has 0 radical (unpaired) electrons. The van der Waals surface area contributed by atoms with E-state index in [0.29, 0.717) is 28.7 Å². The molecule has 0 bridgehead atoms. The van der Waals surface area contributed by atoms with E-state index < -0.39 is 0 Å². The molecule has 0 atom stereocenters. The number of ether oxygens (including phenoxy) is 3. The molecule has 1 N–H and O–H groups in total. The highest BCUT2D eigenvalue weighted by molar-refractivity contribution is 6.31. The van der Waals surface area contributed by atoms with E-state index in [9.17, 15) is 4.79 Å². The Bertz CT molecular complexity index is 919. The molecule has 0 unspecified atom stereocenters. The zero-order valence-corrected chi connectivity index (χ0v) is 15.4. The Morgan fingerprint density at radius 3 is 2.65 bits per heavy atom. The van der Waals surface area contributed by atoms with E-state index in [0.717, 1.165) is 29.3 Å². The molecule has 5 nitrogen and oxygen atoms in total. The number of methoxy groups -OCH3 is 2. The minimum absolute atomic E-state index is 0.334. The number of carbonyl (C=O) groups excluding carboxylic acids is 1. The molecule has 26 heavy (non-hydrogen) atoms. The van der Waals surface area contributed by atoms with Gasteiger partial charge in [-0.05, 0) is 54.8 Å². The summed E-state index contributed by atoms with van der Waals surface area (Å²) in [5.74, 6) is 0.688.